The fourth-order valence-electron chi connectivity index (χ4n) is 2.67. The number of hydrogen-bond donors (Lipinski definition) is 1. The van der Waals surface area contributed by atoms with Gasteiger partial charge in [0.1, 0.15) is 0 Å². The van der Waals surface area contributed by atoms with Crippen molar-refractivity contribution in [3.05, 3.63) is 18.0 Å². The van der Waals surface area contributed by atoms with Crippen molar-refractivity contribution in [1.29, 1.82) is 0 Å². The van der Waals surface area contributed by atoms with E-state index in [0.717, 1.165) is 18.2 Å². The van der Waals surface area contributed by atoms with E-state index >= 15 is 0 Å². The minimum atomic E-state index is 0.244. The third-order valence-corrected chi connectivity index (χ3v) is 3.87. The van der Waals surface area contributed by atoms with Gasteiger partial charge in [-0.15, -0.1) is 0 Å². The van der Waals surface area contributed by atoms with Gasteiger partial charge in [0.15, 0.2) is 0 Å². The first-order chi connectivity index (χ1) is 7.58. The Morgan fingerprint density at radius 1 is 1.44 bits per heavy atom. The molecule has 1 heterocycles. The summed E-state index contributed by atoms with van der Waals surface area (Å²) in [5.74, 6) is 0.830. The third kappa shape index (κ3) is 2.64. The van der Waals surface area contributed by atoms with Crippen molar-refractivity contribution >= 4 is 0 Å². The molecule has 1 aromatic rings. The van der Waals surface area contributed by atoms with Crippen molar-refractivity contribution in [3.8, 4) is 0 Å². The van der Waals surface area contributed by atoms with Crippen LogP contribution in [0.15, 0.2) is 12.3 Å². The lowest BCUT2D eigenvalue weighted by molar-refractivity contribution is 0.253. The Labute approximate surface area is 98.2 Å². The van der Waals surface area contributed by atoms with Crippen molar-refractivity contribution in [2.45, 2.75) is 51.6 Å². The minimum absolute atomic E-state index is 0.244. The molecular weight excluding hydrogens is 198 g/mol. The second-order valence-electron chi connectivity index (χ2n) is 5.54. The van der Waals surface area contributed by atoms with Gasteiger partial charge in [0.05, 0.1) is 5.69 Å². The van der Waals surface area contributed by atoms with Gasteiger partial charge in [-0.1, -0.05) is 12.8 Å². The molecule has 0 aromatic carbocycles. The summed E-state index contributed by atoms with van der Waals surface area (Å²) in [6.07, 6.45) is 7.56. The number of nitrogens with zero attached hydrogens (tertiary/aromatic N) is 2. The molecule has 0 radical (unpaired) electrons. The summed E-state index contributed by atoms with van der Waals surface area (Å²) in [4.78, 5) is 0. The molecule has 3 nitrogen and oxygen atoms in total. The van der Waals surface area contributed by atoms with E-state index < -0.39 is 0 Å². The Morgan fingerprint density at radius 3 is 2.69 bits per heavy atom. The highest BCUT2D eigenvalue weighted by Crippen LogP contribution is 2.33. The molecule has 3 heteroatoms. The Kier molecular flexibility index (Phi) is 3.33. The lowest BCUT2D eigenvalue weighted by Crippen LogP contribution is -2.44. The quantitative estimate of drug-likeness (QED) is 0.846. The van der Waals surface area contributed by atoms with Crippen LogP contribution in [-0.2, 0) is 13.6 Å². The monoisotopic (exact) mass is 221 g/mol. The molecule has 0 amide bonds. The van der Waals surface area contributed by atoms with Crippen LogP contribution in [0.25, 0.3) is 0 Å². The highest BCUT2D eigenvalue weighted by molar-refractivity contribution is 5.00. The van der Waals surface area contributed by atoms with Gasteiger partial charge >= 0.3 is 0 Å². The predicted octanol–water partition coefficient (Wildman–Crippen LogP) is 2.48. The van der Waals surface area contributed by atoms with Crippen LogP contribution >= 0.6 is 0 Å². The van der Waals surface area contributed by atoms with Crippen LogP contribution in [0.5, 0.6) is 0 Å². The maximum Gasteiger partial charge on any atom is 0.0762 e. The smallest absolute Gasteiger partial charge is 0.0762 e. The molecule has 0 unspecified atom stereocenters. The van der Waals surface area contributed by atoms with E-state index in [1.807, 2.05) is 17.9 Å². The second kappa shape index (κ2) is 4.58. The minimum Gasteiger partial charge on any atom is -0.306 e. The average Bonchev–Trinajstić information content (AvgIpc) is 2.85. The highest BCUT2D eigenvalue weighted by Gasteiger charge is 2.31. The van der Waals surface area contributed by atoms with E-state index in [4.69, 9.17) is 0 Å². The zero-order valence-electron chi connectivity index (χ0n) is 10.7. The van der Waals surface area contributed by atoms with Gasteiger partial charge < -0.3 is 5.32 Å². The Hall–Kier alpha value is -0.830. The molecule has 0 spiro atoms. The molecule has 90 valence electrons. The van der Waals surface area contributed by atoms with Crippen LogP contribution in [0.3, 0.4) is 0 Å². The normalized spacial score (nSPS) is 18.2. The fraction of sp³-hybridized carbons (Fsp3) is 0.769. The Bertz CT molecular complexity index is 335. The van der Waals surface area contributed by atoms with Crippen molar-refractivity contribution < 1.29 is 0 Å². The molecule has 1 fully saturated rings. The van der Waals surface area contributed by atoms with Crippen molar-refractivity contribution in [3.63, 3.8) is 0 Å². The zero-order chi connectivity index (χ0) is 11.6. The summed E-state index contributed by atoms with van der Waals surface area (Å²) < 4.78 is 1.86. The van der Waals surface area contributed by atoms with E-state index in [-0.39, 0.29) is 5.54 Å². The SMILES string of the molecule is Cn1ccc(CNC(C)(C)C2CCCC2)n1. The van der Waals surface area contributed by atoms with Gasteiger partial charge in [-0.3, -0.25) is 4.68 Å². The zero-order valence-corrected chi connectivity index (χ0v) is 10.7. The first-order valence-corrected chi connectivity index (χ1v) is 6.31. The summed E-state index contributed by atoms with van der Waals surface area (Å²) in [5.41, 5.74) is 1.38. The fourth-order valence-corrected chi connectivity index (χ4v) is 2.67. The maximum atomic E-state index is 4.39. The van der Waals surface area contributed by atoms with Gasteiger partial charge in [0.25, 0.3) is 0 Å². The molecule has 16 heavy (non-hydrogen) atoms. The molecule has 1 saturated carbocycles. The standard InChI is InChI=1S/C13H23N3/c1-13(2,11-6-4-5-7-11)14-10-12-8-9-16(3)15-12/h8-9,11,14H,4-7,10H2,1-3H3. The number of nitrogens with one attached hydrogen (secondary N) is 1. The van der Waals surface area contributed by atoms with Gasteiger partial charge in [0.2, 0.25) is 0 Å². The van der Waals surface area contributed by atoms with E-state index in [9.17, 15) is 0 Å². The van der Waals surface area contributed by atoms with Crippen LogP contribution in [0.4, 0.5) is 0 Å². The van der Waals surface area contributed by atoms with Crippen molar-refractivity contribution in [1.82, 2.24) is 15.1 Å². The van der Waals surface area contributed by atoms with E-state index in [2.05, 4.69) is 30.3 Å². The molecule has 1 aromatic heterocycles. The molecule has 1 aliphatic rings. The molecular formula is C13H23N3. The topological polar surface area (TPSA) is 29.9 Å². The Morgan fingerprint density at radius 2 is 2.12 bits per heavy atom. The van der Waals surface area contributed by atoms with Crippen LogP contribution in [0.2, 0.25) is 0 Å². The lowest BCUT2D eigenvalue weighted by Gasteiger charge is -2.32. The molecule has 0 saturated heterocycles. The molecule has 0 bridgehead atoms. The van der Waals surface area contributed by atoms with E-state index in [1.54, 1.807) is 0 Å². The van der Waals surface area contributed by atoms with Crippen LogP contribution in [0.1, 0.15) is 45.2 Å². The Balaban J connectivity index is 1.88. The molecule has 1 N–H and O–H groups in total. The highest BCUT2D eigenvalue weighted by atomic mass is 15.3. The number of hydrogen-bond acceptors (Lipinski definition) is 2. The molecule has 2 rings (SSSR count). The van der Waals surface area contributed by atoms with E-state index in [0.29, 0.717) is 0 Å². The number of aryl methyl sites for hydroxylation is 1. The van der Waals surface area contributed by atoms with Crippen LogP contribution in [-0.4, -0.2) is 15.3 Å². The summed E-state index contributed by atoms with van der Waals surface area (Å²) in [7, 11) is 1.96. The number of rotatable bonds is 4. The first-order valence-electron chi connectivity index (χ1n) is 6.31. The average molecular weight is 221 g/mol. The van der Waals surface area contributed by atoms with Gasteiger partial charge in [-0.25, -0.2) is 0 Å². The third-order valence-electron chi connectivity index (χ3n) is 3.87. The van der Waals surface area contributed by atoms with Crippen LogP contribution < -0.4 is 5.32 Å². The molecule has 0 aliphatic heterocycles. The summed E-state index contributed by atoms with van der Waals surface area (Å²) in [6, 6.07) is 2.08. The largest absolute Gasteiger partial charge is 0.306 e. The maximum absolute atomic E-state index is 4.39. The first kappa shape index (κ1) is 11.6. The van der Waals surface area contributed by atoms with Crippen molar-refractivity contribution in [2.24, 2.45) is 13.0 Å². The molecule has 0 atom stereocenters. The van der Waals surface area contributed by atoms with Crippen molar-refractivity contribution in [2.75, 3.05) is 0 Å². The summed E-state index contributed by atoms with van der Waals surface area (Å²) in [5, 5.41) is 8.05. The number of aromatic nitrogens is 2. The van der Waals surface area contributed by atoms with Gasteiger partial charge in [0, 0.05) is 25.3 Å². The van der Waals surface area contributed by atoms with E-state index in [1.165, 1.54) is 25.7 Å². The molecule has 1 aliphatic carbocycles. The summed E-state index contributed by atoms with van der Waals surface area (Å²) >= 11 is 0. The lowest BCUT2D eigenvalue weighted by atomic mass is 9.86. The van der Waals surface area contributed by atoms with Gasteiger partial charge in [-0.05, 0) is 38.7 Å². The second-order valence-corrected chi connectivity index (χ2v) is 5.54. The van der Waals surface area contributed by atoms with Crippen LogP contribution in [0, 0.1) is 5.92 Å². The summed E-state index contributed by atoms with van der Waals surface area (Å²) in [6.45, 7) is 5.53. The van der Waals surface area contributed by atoms with Gasteiger partial charge in [-0.2, -0.15) is 5.10 Å². The predicted molar refractivity (Wildman–Crippen MR) is 66.1 cm³/mol.